The number of ketones is 1. The Bertz CT molecular complexity index is 345. The Labute approximate surface area is 109 Å². The van der Waals surface area contributed by atoms with Crippen molar-refractivity contribution in [2.75, 3.05) is 0 Å². The third kappa shape index (κ3) is 4.47. The second-order valence-electron chi connectivity index (χ2n) is 5.18. The maximum Gasteiger partial charge on any atom is 0.411 e. The number of carbonyl (C=O) groups excluding carboxylic acids is 2. The second kappa shape index (κ2) is 5.88. The Hall–Kier alpha value is -1.14. The number of unbranched alkanes of at least 4 members (excludes halogenated alkanes) is 1. The number of hydrogen-bond donors (Lipinski definition) is 0. The Kier molecular flexibility index (Phi) is 5.53. The monoisotopic (exact) mass is 286 g/mol. The van der Waals surface area contributed by atoms with Crippen LogP contribution in [0.3, 0.4) is 0 Å². The highest BCUT2D eigenvalue weighted by Crippen LogP contribution is 2.38. The van der Waals surface area contributed by atoms with E-state index < -0.39 is 35.6 Å². The van der Waals surface area contributed by atoms with Crippen LogP contribution in [0.1, 0.15) is 47.0 Å². The molecule has 0 spiro atoms. The summed E-state index contributed by atoms with van der Waals surface area (Å²) >= 11 is 0. The summed E-state index contributed by atoms with van der Waals surface area (Å²) in [6, 6.07) is 0. The minimum Gasteiger partial charge on any atom is -0.455 e. The minimum atomic E-state index is -5.16. The fourth-order valence-corrected chi connectivity index (χ4v) is 1.14. The number of rotatable bonds is 6. The number of Topliss-reactive ketones (excluding diaryl/α,β-unsaturated/α-hetero) is 1. The molecule has 0 aliphatic heterocycles. The molecule has 0 aromatic carbocycles. The highest BCUT2D eigenvalue weighted by atomic mass is 19.3. The van der Waals surface area contributed by atoms with Crippen LogP contribution in [-0.2, 0) is 14.3 Å². The molecular weight excluding hydrogens is 268 g/mol. The third-order valence-corrected chi connectivity index (χ3v) is 2.16. The first-order chi connectivity index (χ1) is 8.36. The van der Waals surface area contributed by atoms with Gasteiger partial charge in [0.25, 0.3) is 0 Å². The van der Waals surface area contributed by atoms with Gasteiger partial charge in [0.15, 0.2) is 0 Å². The van der Waals surface area contributed by atoms with E-state index >= 15 is 0 Å². The average molecular weight is 286 g/mol. The van der Waals surface area contributed by atoms with Crippen molar-refractivity contribution in [3.05, 3.63) is 0 Å². The molecule has 0 bridgehead atoms. The summed E-state index contributed by atoms with van der Waals surface area (Å²) in [5, 5.41) is 0. The van der Waals surface area contributed by atoms with Crippen molar-refractivity contribution < 1.29 is 31.9 Å². The molecule has 0 aliphatic carbocycles. The highest BCUT2D eigenvalue weighted by Gasteiger charge is 2.67. The van der Waals surface area contributed by atoms with Crippen LogP contribution in [0.2, 0.25) is 0 Å². The summed E-state index contributed by atoms with van der Waals surface area (Å²) in [6.45, 7) is 5.41. The molecule has 0 atom stereocenters. The van der Waals surface area contributed by atoms with E-state index in [-0.39, 0.29) is 6.42 Å². The maximum absolute atomic E-state index is 13.4. The molecule has 0 amide bonds. The van der Waals surface area contributed by atoms with Crippen molar-refractivity contribution in [1.29, 1.82) is 0 Å². The third-order valence-electron chi connectivity index (χ3n) is 2.16. The maximum atomic E-state index is 13.4. The lowest BCUT2D eigenvalue weighted by atomic mass is 10.0. The molecule has 112 valence electrons. The molecule has 7 heteroatoms. The number of hydrogen-bond acceptors (Lipinski definition) is 3. The van der Waals surface area contributed by atoms with Crippen LogP contribution in [0.25, 0.3) is 0 Å². The molecule has 0 aliphatic rings. The first kappa shape index (κ1) is 17.9. The van der Waals surface area contributed by atoms with Gasteiger partial charge in [-0.15, -0.1) is 0 Å². The van der Waals surface area contributed by atoms with E-state index in [0.29, 0.717) is 6.42 Å². The molecule has 0 aromatic rings. The molecule has 0 N–H and O–H groups in total. The van der Waals surface area contributed by atoms with E-state index in [1.807, 2.05) is 0 Å². The predicted octanol–water partition coefficient (Wildman–Crippen LogP) is 3.36. The molecule has 3 nitrogen and oxygen atoms in total. The summed E-state index contributed by atoms with van der Waals surface area (Å²) in [6.07, 6.45) is -0.249. The van der Waals surface area contributed by atoms with Gasteiger partial charge in [-0.05, 0) is 27.2 Å². The summed E-state index contributed by atoms with van der Waals surface area (Å²) in [5.41, 5.74) is -1.34. The van der Waals surface area contributed by atoms with Gasteiger partial charge in [-0.3, -0.25) is 4.79 Å². The van der Waals surface area contributed by atoms with Gasteiger partial charge in [-0.1, -0.05) is 13.3 Å². The molecule has 0 aromatic heterocycles. The van der Waals surface area contributed by atoms with Crippen molar-refractivity contribution in [1.82, 2.24) is 0 Å². The van der Waals surface area contributed by atoms with Crippen LogP contribution in [0.4, 0.5) is 17.6 Å². The van der Waals surface area contributed by atoms with Crippen molar-refractivity contribution in [2.24, 2.45) is 0 Å². The Morgan fingerprint density at radius 3 is 1.84 bits per heavy atom. The van der Waals surface area contributed by atoms with Crippen molar-refractivity contribution in [3.63, 3.8) is 0 Å². The molecule has 19 heavy (non-hydrogen) atoms. The van der Waals surface area contributed by atoms with Crippen LogP contribution < -0.4 is 0 Å². The van der Waals surface area contributed by atoms with E-state index in [4.69, 9.17) is 0 Å². The molecule has 0 fully saturated rings. The molecule has 0 heterocycles. The van der Waals surface area contributed by atoms with Crippen LogP contribution in [0, 0.1) is 0 Å². The number of esters is 1. The van der Waals surface area contributed by atoms with Gasteiger partial charge in [0.2, 0.25) is 5.78 Å². The SMILES string of the molecule is CCCCC(=O)C(F)(F)C(F)(F)C(=O)OC(C)(C)C. The van der Waals surface area contributed by atoms with Crippen LogP contribution >= 0.6 is 0 Å². The zero-order chi connectivity index (χ0) is 15.5. The predicted molar refractivity (Wildman–Crippen MR) is 60.3 cm³/mol. The standard InChI is InChI=1S/C12H18F4O3/c1-5-6-7-8(17)11(13,14)12(15,16)9(18)19-10(2,3)4/h5-7H2,1-4H3. The van der Waals surface area contributed by atoms with Gasteiger partial charge in [-0.25, -0.2) is 4.79 Å². The quantitative estimate of drug-likeness (QED) is 0.555. The Balaban J connectivity index is 5.05. The Morgan fingerprint density at radius 2 is 1.47 bits per heavy atom. The summed E-state index contributed by atoms with van der Waals surface area (Å²) in [7, 11) is 0. The van der Waals surface area contributed by atoms with E-state index in [9.17, 15) is 27.2 Å². The Morgan fingerprint density at radius 1 is 1.00 bits per heavy atom. The van der Waals surface area contributed by atoms with Crippen molar-refractivity contribution in [2.45, 2.75) is 64.4 Å². The average Bonchev–Trinajstić information content (AvgIpc) is 2.22. The van der Waals surface area contributed by atoms with Gasteiger partial charge in [0.05, 0.1) is 0 Å². The van der Waals surface area contributed by atoms with E-state index in [0.717, 1.165) is 0 Å². The van der Waals surface area contributed by atoms with Gasteiger partial charge >= 0.3 is 17.8 Å². The van der Waals surface area contributed by atoms with Gasteiger partial charge < -0.3 is 4.74 Å². The van der Waals surface area contributed by atoms with Crippen molar-refractivity contribution >= 4 is 11.8 Å². The zero-order valence-electron chi connectivity index (χ0n) is 11.4. The first-order valence-electron chi connectivity index (χ1n) is 5.88. The van der Waals surface area contributed by atoms with Crippen molar-refractivity contribution in [3.8, 4) is 0 Å². The fraction of sp³-hybridized carbons (Fsp3) is 0.833. The highest BCUT2D eigenvalue weighted by molar-refractivity contribution is 5.94. The smallest absolute Gasteiger partial charge is 0.411 e. The van der Waals surface area contributed by atoms with E-state index in [1.54, 1.807) is 6.92 Å². The minimum absolute atomic E-state index is 0.0544. The fourth-order valence-electron chi connectivity index (χ4n) is 1.14. The molecule has 0 saturated heterocycles. The first-order valence-corrected chi connectivity index (χ1v) is 5.88. The summed E-state index contributed by atoms with van der Waals surface area (Å²) in [4.78, 5) is 22.2. The van der Waals surface area contributed by atoms with Crippen LogP contribution in [-0.4, -0.2) is 29.2 Å². The number of alkyl halides is 4. The second-order valence-corrected chi connectivity index (χ2v) is 5.18. The topological polar surface area (TPSA) is 43.4 Å². The lowest BCUT2D eigenvalue weighted by Crippen LogP contribution is -2.54. The molecule has 0 rings (SSSR count). The van der Waals surface area contributed by atoms with Crippen LogP contribution in [0.15, 0.2) is 0 Å². The van der Waals surface area contributed by atoms with E-state index in [1.165, 1.54) is 20.8 Å². The molecular formula is C12H18F4O3. The van der Waals surface area contributed by atoms with Crippen LogP contribution in [0.5, 0.6) is 0 Å². The number of carbonyl (C=O) groups is 2. The largest absolute Gasteiger partial charge is 0.455 e. The zero-order valence-corrected chi connectivity index (χ0v) is 11.4. The molecule has 0 radical (unpaired) electrons. The normalized spacial score (nSPS) is 13.3. The molecule has 0 unspecified atom stereocenters. The lowest BCUT2D eigenvalue weighted by molar-refractivity contribution is -0.231. The van der Waals surface area contributed by atoms with E-state index in [2.05, 4.69) is 4.74 Å². The molecule has 0 saturated carbocycles. The lowest BCUT2D eigenvalue weighted by Gasteiger charge is -2.27. The number of ether oxygens (including phenoxy) is 1. The van der Waals surface area contributed by atoms with Gasteiger partial charge in [0, 0.05) is 6.42 Å². The summed E-state index contributed by atoms with van der Waals surface area (Å²) < 4.78 is 57.6. The summed E-state index contributed by atoms with van der Waals surface area (Å²) in [5.74, 6) is -14.6. The van der Waals surface area contributed by atoms with Gasteiger partial charge in [-0.2, -0.15) is 17.6 Å². The number of halogens is 4. The van der Waals surface area contributed by atoms with Gasteiger partial charge in [0.1, 0.15) is 5.60 Å².